The third-order valence-electron chi connectivity index (χ3n) is 3.24. The summed E-state index contributed by atoms with van der Waals surface area (Å²) < 4.78 is 0. The number of primary amides is 1. The van der Waals surface area contributed by atoms with E-state index < -0.39 is 6.03 Å². The molecule has 0 heterocycles. The van der Waals surface area contributed by atoms with Crippen LogP contribution in [0.2, 0.25) is 0 Å². The summed E-state index contributed by atoms with van der Waals surface area (Å²) in [6, 6.07) is 6.73. The van der Waals surface area contributed by atoms with E-state index in [1.165, 1.54) is 0 Å². The van der Waals surface area contributed by atoms with Gasteiger partial charge < -0.3 is 16.4 Å². The molecule has 5 nitrogen and oxygen atoms in total. The van der Waals surface area contributed by atoms with Crippen LogP contribution >= 0.6 is 0 Å². The van der Waals surface area contributed by atoms with Crippen LogP contribution in [0, 0.1) is 5.92 Å². The Morgan fingerprint density at radius 2 is 1.71 bits per heavy atom. The summed E-state index contributed by atoms with van der Waals surface area (Å²) in [5.74, 6) is 0.571. The predicted molar refractivity (Wildman–Crippen MR) is 83.9 cm³/mol. The smallest absolute Gasteiger partial charge is 0.312 e. The number of nitrogens with one attached hydrogen (secondary N) is 2. The second-order valence-corrected chi connectivity index (χ2v) is 5.76. The molecule has 0 aliphatic rings. The van der Waals surface area contributed by atoms with Crippen molar-refractivity contribution in [1.82, 2.24) is 10.6 Å². The predicted octanol–water partition coefficient (Wildman–Crippen LogP) is 2.41. The minimum absolute atomic E-state index is 0.0688. The van der Waals surface area contributed by atoms with E-state index in [1.807, 2.05) is 19.1 Å². The van der Waals surface area contributed by atoms with Crippen molar-refractivity contribution in [1.29, 1.82) is 0 Å². The highest BCUT2D eigenvalue weighted by molar-refractivity contribution is 5.94. The molecule has 21 heavy (non-hydrogen) atoms. The molecule has 116 valence electrons. The zero-order valence-corrected chi connectivity index (χ0v) is 13.0. The van der Waals surface area contributed by atoms with E-state index in [0.29, 0.717) is 18.0 Å². The Bertz CT molecular complexity index is 469. The first-order valence-corrected chi connectivity index (χ1v) is 7.31. The summed E-state index contributed by atoms with van der Waals surface area (Å²) in [4.78, 5) is 22.7. The summed E-state index contributed by atoms with van der Waals surface area (Å²) in [5.41, 5.74) is 6.53. The van der Waals surface area contributed by atoms with Gasteiger partial charge in [0, 0.05) is 18.2 Å². The minimum Gasteiger partial charge on any atom is -0.352 e. The van der Waals surface area contributed by atoms with Crippen LogP contribution in [0.15, 0.2) is 24.3 Å². The fourth-order valence-corrected chi connectivity index (χ4v) is 1.93. The fourth-order valence-electron chi connectivity index (χ4n) is 1.93. The molecule has 5 heteroatoms. The van der Waals surface area contributed by atoms with Crippen molar-refractivity contribution in [3.8, 4) is 0 Å². The Hall–Kier alpha value is -2.04. The van der Waals surface area contributed by atoms with Gasteiger partial charge in [-0.2, -0.15) is 0 Å². The summed E-state index contributed by atoms with van der Waals surface area (Å²) >= 11 is 0. The number of carbonyl (C=O) groups is 2. The molecule has 0 aliphatic heterocycles. The summed E-state index contributed by atoms with van der Waals surface area (Å²) in [7, 11) is 0. The topological polar surface area (TPSA) is 84.2 Å². The van der Waals surface area contributed by atoms with Crippen LogP contribution in [-0.4, -0.2) is 18.0 Å². The number of carbonyl (C=O) groups excluding carboxylic acids is 2. The van der Waals surface area contributed by atoms with Crippen LogP contribution in [0.5, 0.6) is 0 Å². The van der Waals surface area contributed by atoms with Crippen molar-refractivity contribution in [2.45, 2.75) is 46.2 Å². The van der Waals surface area contributed by atoms with Crippen LogP contribution in [-0.2, 0) is 6.54 Å². The monoisotopic (exact) mass is 291 g/mol. The first-order valence-electron chi connectivity index (χ1n) is 7.31. The van der Waals surface area contributed by atoms with Gasteiger partial charge >= 0.3 is 6.03 Å². The average molecular weight is 291 g/mol. The molecule has 1 aromatic rings. The lowest BCUT2D eigenvalue weighted by Gasteiger charge is -2.15. The largest absolute Gasteiger partial charge is 0.352 e. The van der Waals surface area contributed by atoms with Gasteiger partial charge in [0.1, 0.15) is 0 Å². The molecule has 1 atom stereocenters. The van der Waals surface area contributed by atoms with Crippen molar-refractivity contribution in [2.75, 3.05) is 0 Å². The standard InChI is InChI=1S/C16H25N3O2/c1-11(2)4-5-12(3)19-15(20)14-8-6-13(7-9-14)10-18-16(17)21/h6-9,11-12H,4-5,10H2,1-3H3,(H,19,20)(H3,17,18,21). The molecular formula is C16H25N3O2. The van der Waals surface area contributed by atoms with Crippen LogP contribution in [0.25, 0.3) is 0 Å². The van der Waals surface area contributed by atoms with Crippen molar-refractivity contribution >= 4 is 11.9 Å². The van der Waals surface area contributed by atoms with Gasteiger partial charge in [-0.25, -0.2) is 4.79 Å². The molecule has 1 aromatic carbocycles. The molecule has 0 fully saturated rings. The Labute approximate surface area is 126 Å². The molecule has 0 aromatic heterocycles. The van der Waals surface area contributed by atoms with Crippen molar-refractivity contribution in [2.24, 2.45) is 11.7 Å². The highest BCUT2D eigenvalue weighted by Gasteiger charge is 2.10. The van der Waals surface area contributed by atoms with Gasteiger partial charge in [-0.15, -0.1) is 0 Å². The number of benzene rings is 1. The van der Waals surface area contributed by atoms with Gasteiger partial charge in [0.25, 0.3) is 5.91 Å². The van der Waals surface area contributed by atoms with Gasteiger partial charge in [0.15, 0.2) is 0 Å². The molecule has 0 spiro atoms. The third kappa shape index (κ3) is 6.79. The number of amides is 3. The van der Waals surface area contributed by atoms with Gasteiger partial charge in [-0.1, -0.05) is 26.0 Å². The normalized spacial score (nSPS) is 12.0. The van der Waals surface area contributed by atoms with Gasteiger partial charge in [-0.3, -0.25) is 4.79 Å². The molecule has 0 radical (unpaired) electrons. The molecule has 4 N–H and O–H groups in total. The fraction of sp³-hybridized carbons (Fsp3) is 0.500. The second-order valence-electron chi connectivity index (χ2n) is 5.76. The molecular weight excluding hydrogens is 266 g/mol. The van der Waals surface area contributed by atoms with Gasteiger partial charge in [0.05, 0.1) is 0 Å². The molecule has 1 rings (SSSR count). The maximum absolute atomic E-state index is 12.1. The minimum atomic E-state index is -0.559. The van der Waals surface area contributed by atoms with E-state index in [-0.39, 0.29) is 11.9 Å². The van der Waals surface area contributed by atoms with Crippen molar-refractivity contribution < 1.29 is 9.59 Å². The number of hydrogen-bond acceptors (Lipinski definition) is 2. The van der Waals surface area contributed by atoms with Crippen LogP contribution in [0.3, 0.4) is 0 Å². The zero-order chi connectivity index (χ0) is 15.8. The third-order valence-corrected chi connectivity index (χ3v) is 3.24. The number of urea groups is 1. The number of nitrogens with two attached hydrogens (primary N) is 1. The van der Waals surface area contributed by atoms with Crippen LogP contribution < -0.4 is 16.4 Å². The van der Waals surface area contributed by atoms with Gasteiger partial charge in [0.2, 0.25) is 0 Å². The summed E-state index contributed by atoms with van der Waals surface area (Å²) in [6.07, 6.45) is 2.07. The Balaban J connectivity index is 2.49. The quantitative estimate of drug-likeness (QED) is 0.720. The molecule has 0 saturated heterocycles. The van der Waals surface area contributed by atoms with Gasteiger partial charge in [-0.05, 0) is 43.4 Å². The molecule has 0 saturated carbocycles. The van der Waals surface area contributed by atoms with E-state index in [9.17, 15) is 9.59 Å². The van der Waals surface area contributed by atoms with Crippen molar-refractivity contribution in [3.63, 3.8) is 0 Å². The number of rotatable bonds is 7. The Morgan fingerprint density at radius 3 is 2.24 bits per heavy atom. The highest BCUT2D eigenvalue weighted by Crippen LogP contribution is 2.08. The molecule has 3 amide bonds. The summed E-state index contributed by atoms with van der Waals surface area (Å²) in [5, 5.41) is 5.50. The summed E-state index contributed by atoms with van der Waals surface area (Å²) in [6.45, 7) is 6.73. The van der Waals surface area contributed by atoms with E-state index >= 15 is 0 Å². The lowest BCUT2D eigenvalue weighted by Crippen LogP contribution is -2.32. The molecule has 0 bridgehead atoms. The highest BCUT2D eigenvalue weighted by atomic mass is 16.2. The average Bonchev–Trinajstić information content (AvgIpc) is 2.43. The van der Waals surface area contributed by atoms with E-state index in [4.69, 9.17) is 5.73 Å². The lowest BCUT2D eigenvalue weighted by molar-refractivity contribution is 0.0937. The van der Waals surface area contributed by atoms with E-state index in [0.717, 1.165) is 18.4 Å². The van der Waals surface area contributed by atoms with E-state index in [2.05, 4.69) is 24.5 Å². The number of hydrogen-bond donors (Lipinski definition) is 3. The maximum Gasteiger partial charge on any atom is 0.312 e. The first kappa shape index (κ1) is 17.0. The van der Waals surface area contributed by atoms with Crippen LogP contribution in [0.1, 0.15) is 49.5 Å². The lowest BCUT2D eigenvalue weighted by atomic mass is 10.0. The van der Waals surface area contributed by atoms with E-state index in [1.54, 1.807) is 12.1 Å². The first-order chi connectivity index (χ1) is 9.88. The Kier molecular flexibility index (Phi) is 6.72. The molecule has 1 unspecified atom stereocenters. The van der Waals surface area contributed by atoms with Crippen molar-refractivity contribution in [3.05, 3.63) is 35.4 Å². The SMILES string of the molecule is CC(C)CCC(C)NC(=O)c1ccc(CNC(N)=O)cc1. The zero-order valence-electron chi connectivity index (χ0n) is 13.0. The Morgan fingerprint density at radius 1 is 1.10 bits per heavy atom. The van der Waals surface area contributed by atoms with Crippen LogP contribution in [0.4, 0.5) is 4.79 Å². The maximum atomic E-state index is 12.1. The molecule has 0 aliphatic carbocycles. The second kappa shape index (κ2) is 8.29.